The van der Waals surface area contributed by atoms with Gasteiger partial charge in [-0.25, -0.2) is 0 Å². The van der Waals surface area contributed by atoms with Crippen LogP contribution in [0.5, 0.6) is 0 Å². The van der Waals surface area contributed by atoms with Crippen LogP contribution in [-0.4, -0.2) is 183 Å². The fourth-order valence-corrected chi connectivity index (χ4v) is 6.66. The number of carbonyl (C=O) groups excluding carboxylic acids is 13. The van der Waals surface area contributed by atoms with Gasteiger partial charge in [-0.3, -0.25) is 64.4 Å². The van der Waals surface area contributed by atoms with Crippen LogP contribution in [0.2, 0.25) is 0 Å². The van der Waals surface area contributed by atoms with Crippen molar-refractivity contribution in [2.45, 2.75) is 161 Å². The molecule has 0 saturated carbocycles. The van der Waals surface area contributed by atoms with E-state index in [1.165, 1.54) is 46.8 Å². The van der Waals surface area contributed by atoms with Gasteiger partial charge >= 0.3 is 0 Å². The van der Waals surface area contributed by atoms with E-state index >= 15 is 0 Å². The number of allylic oxidation sites excluding steroid dienone is 1. The highest BCUT2D eigenvalue weighted by molar-refractivity contribution is 5.98. The second-order valence-electron chi connectivity index (χ2n) is 18.6. The fraction of sp³-hybridized carbons (Fsp3) is 0.646. The summed E-state index contributed by atoms with van der Waals surface area (Å²) in [5, 5.41) is 33.3. The molecular weight excluding hydrogens is 981 g/mol. The van der Waals surface area contributed by atoms with Crippen molar-refractivity contribution >= 4 is 78.3 Å². The zero-order valence-electron chi connectivity index (χ0n) is 45.0. The van der Waals surface area contributed by atoms with Crippen LogP contribution in [0.15, 0.2) is 25.3 Å². The third kappa shape index (κ3) is 25.8. The van der Waals surface area contributed by atoms with Crippen LogP contribution >= 0.6 is 0 Å². The molecule has 0 radical (unpaired) electrons. The number of rotatable bonds is 39. The molecule has 0 aliphatic rings. The van der Waals surface area contributed by atoms with Gasteiger partial charge in [0, 0.05) is 25.6 Å². The van der Waals surface area contributed by atoms with Gasteiger partial charge in [-0.05, 0) is 73.3 Å². The molecule has 0 bridgehead atoms. The Balaban J connectivity index is 6.66. The second-order valence-corrected chi connectivity index (χ2v) is 18.6. The Morgan fingerprint density at radius 3 is 1.52 bits per heavy atom. The minimum Gasteiger partial charge on any atom is -0.351 e. The van der Waals surface area contributed by atoms with E-state index in [-0.39, 0.29) is 24.8 Å². The van der Waals surface area contributed by atoms with E-state index in [1.54, 1.807) is 41.7 Å². The quantitative estimate of drug-likeness (QED) is 0.0156. The van der Waals surface area contributed by atoms with Gasteiger partial charge in [0.2, 0.25) is 29.5 Å². The summed E-state index contributed by atoms with van der Waals surface area (Å²) in [4.78, 5) is 170. The largest absolute Gasteiger partial charge is 0.351 e. The lowest BCUT2D eigenvalue weighted by molar-refractivity contribution is -0.146. The fourth-order valence-electron chi connectivity index (χ4n) is 6.66. The summed E-state index contributed by atoms with van der Waals surface area (Å²) in [6, 6.07) is -8.59. The molecule has 12 atom stereocenters. The van der Waals surface area contributed by atoms with Crippen LogP contribution in [0.25, 0.3) is 0 Å². The van der Waals surface area contributed by atoms with Crippen molar-refractivity contribution in [3.05, 3.63) is 25.3 Å². The summed E-state index contributed by atoms with van der Waals surface area (Å²) >= 11 is 0. The summed E-state index contributed by atoms with van der Waals surface area (Å²) in [5.74, 6) is -8.44. The SMILES string of the molecule is C=CCCC(=O)N[C@@H](C)C(=O)N[C@H](N[C@@H](C=O)C(C)C)C(=O)N(CC=C)[C@H](NCC=O)C(=O)N[C@@H](C)C(=O)N[C@@H](C)C(=O)N[C@H](N[C@@H](C=O)CC(C)C)C(=O)N[C@H](N[C@@H](C)C=O)C(=O)N[C@@H](C)C(=O)N[C@@H](C)CNC. The van der Waals surface area contributed by atoms with Crippen LogP contribution in [0.4, 0.5) is 0 Å². The zero-order chi connectivity index (χ0) is 57.5. The molecule has 422 valence electrons. The van der Waals surface area contributed by atoms with Crippen molar-refractivity contribution < 1.29 is 62.3 Å². The molecule has 0 rings (SSSR count). The Hall–Kier alpha value is -6.81. The third-order valence-electron chi connectivity index (χ3n) is 10.8. The van der Waals surface area contributed by atoms with Crippen LogP contribution in [0, 0.1) is 11.8 Å². The van der Waals surface area contributed by atoms with E-state index in [0.717, 1.165) is 4.90 Å². The highest BCUT2D eigenvalue weighted by Gasteiger charge is 2.38. The lowest BCUT2D eigenvalue weighted by atomic mass is 10.0. The average molecular weight is 1060 g/mol. The van der Waals surface area contributed by atoms with Gasteiger partial charge in [-0.1, -0.05) is 39.8 Å². The van der Waals surface area contributed by atoms with Crippen LogP contribution < -0.4 is 69.1 Å². The highest BCUT2D eigenvalue weighted by Crippen LogP contribution is 2.08. The molecule has 0 aliphatic carbocycles. The first-order chi connectivity index (χ1) is 35.2. The monoisotopic (exact) mass is 1060 g/mol. The Bertz CT molecular complexity index is 1970. The van der Waals surface area contributed by atoms with Gasteiger partial charge in [0.15, 0.2) is 24.7 Å². The molecule has 0 unspecified atom stereocenters. The van der Waals surface area contributed by atoms with Gasteiger partial charge in [-0.15, -0.1) is 13.2 Å². The molecule has 0 aromatic heterocycles. The van der Waals surface area contributed by atoms with E-state index in [0.29, 0.717) is 38.1 Å². The molecule has 0 aromatic carbocycles. The molecule has 27 nitrogen and oxygen atoms in total. The van der Waals surface area contributed by atoms with Crippen LogP contribution in [0.3, 0.4) is 0 Å². The number of hydrogen-bond acceptors (Lipinski definition) is 18. The van der Waals surface area contributed by atoms with Gasteiger partial charge < -0.3 is 71.9 Å². The molecule has 75 heavy (non-hydrogen) atoms. The van der Waals surface area contributed by atoms with E-state index in [9.17, 15) is 62.3 Å². The third-order valence-corrected chi connectivity index (χ3v) is 10.8. The first kappa shape index (κ1) is 68.2. The Morgan fingerprint density at radius 1 is 0.533 bits per heavy atom. The number of carbonyl (C=O) groups is 13. The van der Waals surface area contributed by atoms with E-state index < -0.39 is 139 Å². The Kier molecular flexibility index (Phi) is 32.9. The Morgan fingerprint density at radius 2 is 1.03 bits per heavy atom. The van der Waals surface area contributed by atoms with Crippen LogP contribution in [0.1, 0.15) is 88.5 Å². The molecule has 0 aromatic rings. The lowest BCUT2D eigenvalue weighted by Gasteiger charge is -2.35. The van der Waals surface area contributed by atoms with Crippen molar-refractivity contribution in [2.75, 3.05) is 26.7 Å². The van der Waals surface area contributed by atoms with Crippen molar-refractivity contribution in [2.24, 2.45) is 11.8 Å². The number of nitrogens with zero attached hydrogens (tertiary/aromatic N) is 1. The number of aldehydes is 4. The number of nitrogens with one attached hydrogen (secondary N) is 13. The maximum Gasteiger partial charge on any atom is 0.262 e. The molecule has 0 heterocycles. The van der Waals surface area contributed by atoms with Crippen molar-refractivity contribution in [1.82, 2.24) is 74.0 Å². The van der Waals surface area contributed by atoms with Crippen molar-refractivity contribution in [3.63, 3.8) is 0 Å². The predicted molar refractivity (Wildman–Crippen MR) is 276 cm³/mol. The molecule has 9 amide bonds. The summed E-state index contributed by atoms with van der Waals surface area (Å²) in [5.41, 5.74) is 0. The molecule has 0 saturated heterocycles. The molecule has 13 N–H and O–H groups in total. The lowest BCUT2D eigenvalue weighted by Crippen LogP contribution is -2.67. The predicted octanol–water partition coefficient (Wildman–Crippen LogP) is -4.66. The van der Waals surface area contributed by atoms with Gasteiger partial charge in [0.25, 0.3) is 23.6 Å². The minimum atomic E-state index is -1.76. The molecule has 0 spiro atoms. The normalized spacial score (nSPS) is 15.9. The first-order valence-corrected chi connectivity index (χ1v) is 24.7. The summed E-state index contributed by atoms with van der Waals surface area (Å²) in [6.07, 6.45) is -1.73. The number of likely N-dealkylation sites (N-methyl/N-ethyl adjacent to an activating group) is 1. The van der Waals surface area contributed by atoms with Gasteiger partial charge in [-0.2, -0.15) is 0 Å². The smallest absolute Gasteiger partial charge is 0.262 e. The summed E-state index contributed by atoms with van der Waals surface area (Å²) < 4.78 is 0. The maximum absolute atomic E-state index is 14.4. The van der Waals surface area contributed by atoms with Gasteiger partial charge in [0.05, 0.1) is 24.7 Å². The highest BCUT2D eigenvalue weighted by atomic mass is 16.2. The van der Waals surface area contributed by atoms with Crippen molar-refractivity contribution in [3.8, 4) is 0 Å². The Labute approximate surface area is 439 Å². The maximum atomic E-state index is 14.4. The number of amides is 9. The standard InChI is InChI=1S/C48H82N14O13/c1-14-16-17-36(67)53-30(9)43(70)61-39(58-35(25-66)27(5)6)48(75)62(19-15-2)40(50-18-20-63)47(74)56-32(11)42(69)54-33(12)44(71)59-38(57-34(24-65)21-26(3)4)46(73)60-37(51-29(8)23-64)45(72)55-31(10)41(68)52-28(7)22-49-13/h14-15,20,23-35,37-40,49-51,57-58H,1-2,16-19,21-22H2,3-13H3,(H,52,68)(H,53,67)(H,54,69)(H,55,72)(H,56,74)(H,59,71)(H,60,73)(H,61,70)/t28-,29-,30-,31-,32-,33-,34+,35-,37-,38-,39-,40-/m0/s1. The van der Waals surface area contributed by atoms with Gasteiger partial charge in [0.1, 0.15) is 49.3 Å². The molecule has 0 aliphatic heterocycles. The van der Waals surface area contributed by atoms with Crippen LogP contribution in [-0.2, 0) is 62.3 Å². The van der Waals surface area contributed by atoms with E-state index in [2.05, 4.69) is 82.3 Å². The molecular formula is C48H82N14O13. The average Bonchev–Trinajstić information content (AvgIpc) is 3.34. The second kappa shape index (κ2) is 36.2. The van der Waals surface area contributed by atoms with Crippen molar-refractivity contribution in [1.29, 1.82) is 0 Å². The minimum absolute atomic E-state index is 0.0305. The van der Waals surface area contributed by atoms with E-state index in [4.69, 9.17) is 0 Å². The molecule has 27 heteroatoms. The molecule has 0 fully saturated rings. The number of hydrogen-bond donors (Lipinski definition) is 13. The summed E-state index contributed by atoms with van der Waals surface area (Å²) in [7, 11) is 1.69. The summed E-state index contributed by atoms with van der Waals surface area (Å²) in [6.45, 7) is 22.0. The van der Waals surface area contributed by atoms with E-state index in [1.807, 2.05) is 0 Å². The first-order valence-electron chi connectivity index (χ1n) is 24.7. The topological polar surface area (TPSA) is 382 Å². The zero-order valence-corrected chi connectivity index (χ0v) is 45.0.